The van der Waals surface area contributed by atoms with Gasteiger partial charge in [0.25, 0.3) is 11.8 Å². The van der Waals surface area contributed by atoms with Crippen LogP contribution in [-0.2, 0) is 6.42 Å². The number of rotatable bonds is 3. The highest BCUT2D eigenvalue weighted by molar-refractivity contribution is 6.08. The number of anilines is 2. The second-order valence-corrected chi connectivity index (χ2v) is 6.61. The normalized spacial score (nSPS) is 12.6. The van der Waals surface area contributed by atoms with Gasteiger partial charge in [0.2, 0.25) is 0 Å². The van der Waals surface area contributed by atoms with Crippen molar-refractivity contribution in [2.75, 3.05) is 16.8 Å². The molecular formula is C22H19N3O2. The predicted octanol–water partition coefficient (Wildman–Crippen LogP) is 3.85. The smallest absolute Gasteiger partial charge is 0.258 e. The van der Waals surface area contributed by atoms with E-state index in [-0.39, 0.29) is 11.8 Å². The summed E-state index contributed by atoms with van der Waals surface area (Å²) in [5.41, 5.74) is 4.87. The van der Waals surface area contributed by atoms with Crippen LogP contribution < -0.4 is 10.2 Å². The maximum absolute atomic E-state index is 12.8. The lowest BCUT2D eigenvalue weighted by atomic mass is 10.1. The van der Waals surface area contributed by atoms with Crippen molar-refractivity contribution in [3.05, 3.63) is 89.2 Å². The molecule has 2 aromatic carbocycles. The van der Waals surface area contributed by atoms with Crippen LogP contribution in [0.25, 0.3) is 0 Å². The molecule has 2 heterocycles. The molecule has 2 amide bonds. The average molecular weight is 357 g/mol. The minimum atomic E-state index is -0.163. The Morgan fingerprint density at radius 1 is 1.00 bits per heavy atom. The van der Waals surface area contributed by atoms with Crippen molar-refractivity contribution >= 4 is 23.2 Å². The summed E-state index contributed by atoms with van der Waals surface area (Å²) in [5, 5.41) is 2.93. The van der Waals surface area contributed by atoms with Crippen molar-refractivity contribution in [2.24, 2.45) is 0 Å². The minimum absolute atomic E-state index is 0.0571. The van der Waals surface area contributed by atoms with Gasteiger partial charge in [-0.05, 0) is 55.3 Å². The van der Waals surface area contributed by atoms with E-state index in [1.165, 1.54) is 0 Å². The molecule has 0 fully saturated rings. The molecule has 5 nitrogen and oxygen atoms in total. The van der Waals surface area contributed by atoms with Crippen molar-refractivity contribution in [2.45, 2.75) is 13.3 Å². The van der Waals surface area contributed by atoms with E-state index < -0.39 is 0 Å². The van der Waals surface area contributed by atoms with E-state index in [0.29, 0.717) is 23.4 Å². The van der Waals surface area contributed by atoms with E-state index in [0.717, 1.165) is 23.2 Å². The first-order chi connectivity index (χ1) is 13.1. The molecule has 1 aliphatic heterocycles. The van der Waals surface area contributed by atoms with E-state index in [9.17, 15) is 9.59 Å². The number of carbonyl (C=O) groups excluding carboxylic acids is 2. The van der Waals surface area contributed by atoms with Crippen LogP contribution in [0.15, 0.2) is 67.0 Å². The fourth-order valence-corrected chi connectivity index (χ4v) is 3.31. The Kier molecular flexibility index (Phi) is 4.42. The molecule has 0 unspecified atom stereocenters. The monoisotopic (exact) mass is 357 g/mol. The molecule has 3 aromatic rings. The van der Waals surface area contributed by atoms with Gasteiger partial charge in [-0.1, -0.05) is 23.8 Å². The van der Waals surface area contributed by atoms with Crippen LogP contribution in [-0.4, -0.2) is 23.3 Å². The number of hydrogen-bond donors (Lipinski definition) is 1. The van der Waals surface area contributed by atoms with Gasteiger partial charge in [-0.25, -0.2) is 0 Å². The second-order valence-electron chi connectivity index (χ2n) is 6.61. The van der Waals surface area contributed by atoms with Gasteiger partial charge in [0.15, 0.2) is 0 Å². The Bertz CT molecular complexity index is 1020. The average Bonchev–Trinajstić information content (AvgIpc) is 3.11. The van der Waals surface area contributed by atoms with Gasteiger partial charge < -0.3 is 10.2 Å². The number of aryl methyl sites for hydroxylation is 1. The van der Waals surface area contributed by atoms with Crippen LogP contribution in [0.2, 0.25) is 0 Å². The van der Waals surface area contributed by atoms with Crippen LogP contribution in [0.5, 0.6) is 0 Å². The van der Waals surface area contributed by atoms with Crippen LogP contribution in [0.1, 0.15) is 31.8 Å². The Labute approximate surface area is 157 Å². The first-order valence-electron chi connectivity index (χ1n) is 8.85. The number of nitrogens with zero attached hydrogens (tertiary/aromatic N) is 2. The van der Waals surface area contributed by atoms with E-state index in [1.807, 2.05) is 43.3 Å². The van der Waals surface area contributed by atoms with E-state index in [2.05, 4.69) is 10.3 Å². The highest BCUT2D eigenvalue weighted by Crippen LogP contribution is 2.32. The molecule has 1 N–H and O–H groups in total. The van der Waals surface area contributed by atoms with Crippen LogP contribution in [0.3, 0.4) is 0 Å². The van der Waals surface area contributed by atoms with Gasteiger partial charge in [0.05, 0.1) is 0 Å². The molecule has 0 spiro atoms. The molecule has 0 radical (unpaired) electrons. The van der Waals surface area contributed by atoms with Gasteiger partial charge >= 0.3 is 0 Å². The van der Waals surface area contributed by atoms with Gasteiger partial charge in [-0.2, -0.15) is 0 Å². The summed E-state index contributed by atoms with van der Waals surface area (Å²) >= 11 is 0. The zero-order valence-corrected chi connectivity index (χ0v) is 15.0. The summed E-state index contributed by atoms with van der Waals surface area (Å²) in [6.45, 7) is 2.58. The van der Waals surface area contributed by atoms with E-state index >= 15 is 0 Å². The van der Waals surface area contributed by atoms with Gasteiger partial charge in [0.1, 0.15) is 0 Å². The van der Waals surface area contributed by atoms with Crippen LogP contribution in [0, 0.1) is 6.92 Å². The SMILES string of the molecule is Cc1cccc(C(=O)Nc2ccc3c(c2)N(C(=O)c2ccncc2)CC3)c1. The van der Waals surface area contributed by atoms with Gasteiger partial charge in [-0.15, -0.1) is 0 Å². The zero-order chi connectivity index (χ0) is 18.8. The molecular weight excluding hydrogens is 338 g/mol. The van der Waals surface area contributed by atoms with Crippen molar-refractivity contribution in [1.29, 1.82) is 0 Å². The molecule has 134 valence electrons. The highest BCUT2D eigenvalue weighted by atomic mass is 16.2. The third-order valence-electron chi connectivity index (χ3n) is 4.69. The van der Waals surface area contributed by atoms with Crippen LogP contribution in [0.4, 0.5) is 11.4 Å². The number of aromatic nitrogens is 1. The lowest BCUT2D eigenvalue weighted by Crippen LogP contribution is -2.28. The number of pyridine rings is 1. The zero-order valence-electron chi connectivity index (χ0n) is 15.0. The van der Waals surface area contributed by atoms with Crippen molar-refractivity contribution in [3.63, 3.8) is 0 Å². The largest absolute Gasteiger partial charge is 0.322 e. The topological polar surface area (TPSA) is 62.3 Å². The number of fused-ring (bicyclic) bond motifs is 1. The lowest BCUT2D eigenvalue weighted by molar-refractivity contribution is 0.0988. The number of amides is 2. The Hall–Kier alpha value is -3.47. The maximum Gasteiger partial charge on any atom is 0.258 e. The predicted molar refractivity (Wildman–Crippen MR) is 105 cm³/mol. The Morgan fingerprint density at radius 3 is 2.59 bits per heavy atom. The highest BCUT2D eigenvalue weighted by Gasteiger charge is 2.26. The molecule has 0 saturated heterocycles. The third-order valence-corrected chi connectivity index (χ3v) is 4.69. The van der Waals surface area contributed by atoms with Gasteiger partial charge in [0, 0.05) is 41.4 Å². The molecule has 4 rings (SSSR count). The summed E-state index contributed by atoms with van der Waals surface area (Å²) in [4.78, 5) is 31.0. The maximum atomic E-state index is 12.8. The van der Waals surface area contributed by atoms with Crippen molar-refractivity contribution in [1.82, 2.24) is 4.98 Å². The standard InChI is InChI=1S/C22H19N3O2/c1-15-3-2-4-18(13-15)21(26)24-19-6-5-16-9-12-25(20(16)14-19)22(27)17-7-10-23-11-8-17/h2-8,10-11,13-14H,9,12H2,1H3,(H,24,26). The van der Waals surface area contributed by atoms with Crippen molar-refractivity contribution < 1.29 is 9.59 Å². The number of hydrogen-bond acceptors (Lipinski definition) is 3. The molecule has 1 aliphatic rings. The first kappa shape index (κ1) is 17.0. The minimum Gasteiger partial charge on any atom is -0.322 e. The summed E-state index contributed by atoms with van der Waals surface area (Å²) in [6.07, 6.45) is 4.03. The van der Waals surface area contributed by atoms with E-state index in [1.54, 1.807) is 35.5 Å². The molecule has 27 heavy (non-hydrogen) atoms. The molecule has 5 heteroatoms. The van der Waals surface area contributed by atoms with E-state index in [4.69, 9.17) is 0 Å². The quantitative estimate of drug-likeness (QED) is 0.774. The summed E-state index contributed by atoms with van der Waals surface area (Å²) in [6, 6.07) is 16.6. The van der Waals surface area contributed by atoms with Crippen molar-refractivity contribution in [3.8, 4) is 0 Å². The fraction of sp³-hybridized carbons (Fsp3) is 0.136. The summed E-state index contributed by atoms with van der Waals surface area (Å²) in [7, 11) is 0. The Morgan fingerprint density at radius 2 is 1.81 bits per heavy atom. The lowest BCUT2D eigenvalue weighted by Gasteiger charge is -2.18. The summed E-state index contributed by atoms with van der Waals surface area (Å²) < 4.78 is 0. The molecule has 0 bridgehead atoms. The first-order valence-corrected chi connectivity index (χ1v) is 8.85. The number of benzene rings is 2. The third kappa shape index (κ3) is 3.44. The summed E-state index contributed by atoms with van der Waals surface area (Å²) in [5.74, 6) is -0.220. The van der Waals surface area contributed by atoms with Crippen LogP contribution >= 0.6 is 0 Å². The Balaban J connectivity index is 1.58. The fourth-order valence-electron chi connectivity index (χ4n) is 3.31. The molecule has 0 saturated carbocycles. The van der Waals surface area contributed by atoms with Gasteiger partial charge in [-0.3, -0.25) is 14.6 Å². The number of nitrogens with one attached hydrogen (secondary N) is 1. The molecule has 0 aliphatic carbocycles. The second kappa shape index (κ2) is 7.03. The number of carbonyl (C=O) groups is 2. The molecule has 1 aromatic heterocycles. The molecule has 0 atom stereocenters.